The maximum absolute atomic E-state index is 12.5. The van der Waals surface area contributed by atoms with E-state index in [1.54, 1.807) is 18.4 Å². The number of ether oxygens (including phenoxy) is 2. The lowest BCUT2D eigenvalue weighted by Crippen LogP contribution is -2.39. The lowest BCUT2D eigenvalue weighted by atomic mass is 9.72. The van der Waals surface area contributed by atoms with Gasteiger partial charge in [-0.1, -0.05) is 6.07 Å². The van der Waals surface area contributed by atoms with Crippen LogP contribution in [0.4, 0.5) is 0 Å². The van der Waals surface area contributed by atoms with Crippen molar-refractivity contribution in [3.63, 3.8) is 0 Å². The highest BCUT2D eigenvalue weighted by Gasteiger charge is 2.48. The molecule has 0 radical (unpaired) electrons. The molecule has 0 aromatic carbocycles. The van der Waals surface area contributed by atoms with Gasteiger partial charge in [0.25, 0.3) is 0 Å². The molecular weight excluding hydrogens is 286 g/mol. The van der Waals surface area contributed by atoms with Gasteiger partial charge in [-0.3, -0.25) is 4.79 Å². The lowest BCUT2D eigenvalue weighted by molar-refractivity contribution is -0.130. The van der Waals surface area contributed by atoms with E-state index in [4.69, 9.17) is 9.47 Å². The molecule has 2 aliphatic heterocycles. The molecule has 116 valence electrons. The molecule has 1 amide bonds. The van der Waals surface area contributed by atoms with Crippen molar-refractivity contribution >= 4 is 17.2 Å². The van der Waals surface area contributed by atoms with Gasteiger partial charge < -0.3 is 14.4 Å². The Hall–Kier alpha value is -0.910. The molecule has 2 saturated heterocycles. The molecule has 5 heteroatoms. The maximum Gasteiger partial charge on any atom is 0.227 e. The summed E-state index contributed by atoms with van der Waals surface area (Å²) in [5.41, 5.74) is 0.208. The van der Waals surface area contributed by atoms with Gasteiger partial charge in [0.05, 0.1) is 13.0 Å². The van der Waals surface area contributed by atoms with E-state index in [1.807, 2.05) is 17.5 Å². The Morgan fingerprint density at radius 3 is 3.00 bits per heavy atom. The Morgan fingerprint density at radius 2 is 2.33 bits per heavy atom. The van der Waals surface area contributed by atoms with Gasteiger partial charge in [-0.05, 0) is 29.7 Å². The number of hydrogen-bond acceptors (Lipinski definition) is 4. The van der Waals surface area contributed by atoms with E-state index in [2.05, 4.69) is 4.90 Å². The maximum atomic E-state index is 12.5. The summed E-state index contributed by atoms with van der Waals surface area (Å²) in [5, 5.41) is 2.03. The van der Waals surface area contributed by atoms with Gasteiger partial charge in [0.2, 0.25) is 5.91 Å². The first-order chi connectivity index (χ1) is 10.2. The fourth-order valence-electron chi connectivity index (χ4n) is 3.67. The molecule has 0 aliphatic carbocycles. The molecule has 2 aliphatic rings. The fraction of sp³-hybridized carbons (Fsp3) is 0.688. The molecule has 1 aromatic heterocycles. The van der Waals surface area contributed by atoms with Gasteiger partial charge >= 0.3 is 0 Å². The van der Waals surface area contributed by atoms with Crippen molar-refractivity contribution in [3.8, 4) is 0 Å². The summed E-state index contributed by atoms with van der Waals surface area (Å²) < 4.78 is 10.9. The summed E-state index contributed by atoms with van der Waals surface area (Å²) in [6, 6.07) is 4.04. The molecular formula is C16H23NO3S. The molecule has 1 unspecified atom stereocenters. The van der Waals surface area contributed by atoms with E-state index in [0.29, 0.717) is 12.3 Å². The summed E-state index contributed by atoms with van der Waals surface area (Å²) in [6.45, 7) is 4.07. The van der Waals surface area contributed by atoms with Crippen LogP contribution in [0.1, 0.15) is 17.7 Å². The van der Waals surface area contributed by atoms with Crippen molar-refractivity contribution in [2.45, 2.75) is 19.3 Å². The average Bonchev–Trinajstić information content (AvgIpc) is 3.10. The number of thiophene rings is 1. The van der Waals surface area contributed by atoms with Gasteiger partial charge in [-0.25, -0.2) is 0 Å². The van der Waals surface area contributed by atoms with Crippen LogP contribution in [0, 0.1) is 11.3 Å². The Kier molecular flexibility index (Phi) is 4.62. The number of likely N-dealkylation sites (tertiary alicyclic amines) is 1. The molecule has 3 heterocycles. The first-order valence-electron chi connectivity index (χ1n) is 7.60. The molecule has 0 saturated carbocycles. The minimum Gasteiger partial charge on any atom is -0.384 e. The zero-order valence-electron chi connectivity index (χ0n) is 12.5. The van der Waals surface area contributed by atoms with Crippen LogP contribution in [0.15, 0.2) is 17.5 Å². The Morgan fingerprint density at radius 1 is 1.52 bits per heavy atom. The first-order valence-corrected chi connectivity index (χ1v) is 8.48. The minimum atomic E-state index is 0.208. The Bertz CT molecular complexity index is 468. The topological polar surface area (TPSA) is 38.8 Å². The van der Waals surface area contributed by atoms with Crippen LogP contribution in [-0.2, 0) is 20.7 Å². The molecule has 0 bridgehead atoms. The van der Waals surface area contributed by atoms with Crippen LogP contribution in [0.2, 0.25) is 0 Å². The largest absolute Gasteiger partial charge is 0.384 e. The summed E-state index contributed by atoms with van der Waals surface area (Å²) in [5.74, 6) is 0.695. The molecule has 0 N–H and O–H groups in total. The highest BCUT2D eigenvalue weighted by Crippen LogP contribution is 2.44. The van der Waals surface area contributed by atoms with Gasteiger partial charge in [-0.2, -0.15) is 0 Å². The SMILES string of the molecule is COCC1CN(C(=O)Cc2cccs2)CC12CCOCC2. The summed E-state index contributed by atoms with van der Waals surface area (Å²) in [4.78, 5) is 15.7. The predicted octanol–water partition coefficient (Wildman–Crippen LogP) is 2.19. The van der Waals surface area contributed by atoms with E-state index in [1.165, 1.54) is 0 Å². The third kappa shape index (κ3) is 3.15. The van der Waals surface area contributed by atoms with Crippen LogP contribution >= 0.6 is 11.3 Å². The van der Waals surface area contributed by atoms with Crippen LogP contribution in [0.25, 0.3) is 0 Å². The number of methoxy groups -OCH3 is 1. The number of amides is 1. The normalized spacial score (nSPS) is 24.6. The number of hydrogen-bond donors (Lipinski definition) is 0. The number of rotatable bonds is 4. The van der Waals surface area contributed by atoms with E-state index in [9.17, 15) is 4.79 Å². The Balaban J connectivity index is 1.68. The van der Waals surface area contributed by atoms with Crippen LogP contribution in [0.3, 0.4) is 0 Å². The van der Waals surface area contributed by atoms with Gasteiger partial charge in [0.1, 0.15) is 0 Å². The second-order valence-electron chi connectivity index (χ2n) is 6.16. The molecule has 4 nitrogen and oxygen atoms in total. The quantitative estimate of drug-likeness (QED) is 0.856. The number of carbonyl (C=O) groups excluding carboxylic acids is 1. The van der Waals surface area contributed by atoms with Crippen molar-refractivity contribution in [2.24, 2.45) is 11.3 Å². The lowest BCUT2D eigenvalue weighted by Gasteiger charge is -2.37. The number of nitrogens with zero attached hydrogens (tertiary/aromatic N) is 1. The molecule has 3 rings (SSSR count). The first kappa shape index (κ1) is 15.0. The van der Waals surface area contributed by atoms with Crippen LogP contribution < -0.4 is 0 Å². The monoisotopic (exact) mass is 309 g/mol. The zero-order chi connectivity index (χ0) is 14.7. The van der Waals surface area contributed by atoms with Crippen molar-refractivity contribution in [1.82, 2.24) is 4.90 Å². The summed E-state index contributed by atoms with van der Waals surface area (Å²) >= 11 is 1.66. The molecule has 1 spiro atoms. The fourth-order valence-corrected chi connectivity index (χ4v) is 4.37. The van der Waals surface area contributed by atoms with Crippen molar-refractivity contribution in [1.29, 1.82) is 0 Å². The summed E-state index contributed by atoms with van der Waals surface area (Å²) in [6.07, 6.45) is 2.62. The highest BCUT2D eigenvalue weighted by molar-refractivity contribution is 7.10. The standard InChI is InChI=1S/C16H23NO3S/c1-19-11-13-10-17(12-16(13)4-6-20-7-5-16)15(18)9-14-3-2-8-21-14/h2-3,8,13H,4-7,9-12H2,1H3. The van der Waals surface area contributed by atoms with Crippen molar-refractivity contribution < 1.29 is 14.3 Å². The average molecular weight is 309 g/mol. The van der Waals surface area contributed by atoms with Gasteiger partial charge in [-0.15, -0.1) is 11.3 Å². The zero-order valence-corrected chi connectivity index (χ0v) is 13.4. The minimum absolute atomic E-state index is 0.208. The number of carbonyl (C=O) groups is 1. The van der Waals surface area contributed by atoms with Gasteiger partial charge in [0, 0.05) is 44.2 Å². The predicted molar refractivity (Wildman–Crippen MR) is 82.5 cm³/mol. The molecule has 1 aromatic rings. The second-order valence-corrected chi connectivity index (χ2v) is 7.19. The van der Waals surface area contributed by atoms with E-state index in [0.717, 1.165) is 50.6 Å². The molecule has 1 atom stereocenters. The van der Waals surface area contributed by atoms with E-state index < -0.39 is 0 Å². The van der Waals surface area contributed by atoms with Crippen molar-refractivity contribution in [2.75, 3.05) is 40.0 Å². The third-order valence-electron chi connectivity index (χ3n) is 4.93. The molecule has 2 fully saturated rings. The third-order valence-corrected chi connectivity index (χ3v) is 5.80. The van der Waals surface area contributed by atoms with Crippen LogP contribution in [-0.4, -0.2) is 50.8 Å². The van der Waals surface area contributed by atoms with Gasteiger partial charge in [0.15, 0.2) is 0 Å². The van der Waals surface area contributed by atoms with Crippen LogP contribution in [0.5, 0.6) is 0 Å². The highest BCUT2D eigenvalue weighted by atomic mass is 32.1. The van der Waals surface area contributed by atoms with Crippen molar-refractivity contribution in [3.05, 3.63) is 22.4 Å². The second kappa shape index (κ2) is 6.46. The summed E-state index contributed by atoms with van der Waals surface area (Å²) in [7, 11) is 1.75. The molecule has 21 heavy (non-hydrogen) atoms. The van der Waals surface area contributed by atoms with E-state index in [-0.39, 0.29) is 11.3 Å². The smallest absolute Gasteiger partial charge is 0.227 e. The Labute approximate surface area is 130 Å². The van der Waals surface area contributed by atoms with E-state index >= 15 is 0 Å².